The lowest BCUT2D eigenvalue weighted by Gasteiger charge is -2.19. The first-order chi connectivity index (χ1) is 9.38. The molecular formula is C18H35N. The van der Waals surface area contributed by atoms with Crippen LogP contribution in [-0.4, -0.2) is 18.0 Å². The molecule has 0 spiro atoms. The molecule has 0 amide bonds. The van der Waals surface area contributed by atoms with Gasteiger partial charge in [-0.1, -0.05) is 64.9 Å². The molecular weight excluding hydrogens is 230 g/mol. The van der Waals surface area contributed by atoms with Crippen molar-refractivity contribution in [1.82, 2.24) is 4.90 Å². The SMILES string of the molecule is CCCCCCCCCC=C1CCCN1CCCC. The van der Waals surface area contributed by atoms with Gasteiger partial charge in [-0.3, -0.25) is 0 Å². The molecule has 1 saturated heterocycles. The molecule has 0 aromatic carbocycles. The molecule has 0 aromatic rings. The van der Waals surface area contributed by atoms with Crippen LogP contribution in [0.1, 0.15) is 90.9 Å². The molecule has 1 aliphatic heterocycles. The Morgan fingerprint density at radius 2 is 1.58 bits per heavy atom. The molecule has 1 heteroatoms. The highest BCUT2D eigenvalue weighted by molar-refractivity contribution is 5.05. The predicted molar refractivity (Wildman–Crippen MR) is 86.4 cm³/mol. The Bertz CT molecular complexity index is 232. The lowest BCUT2D eigenvalue weighted by Crippen LogP contribution is -2.18. The van der Waals surface area contributed by atoms with E-state index in [4.69, 9.17) is 0 Å². The van der Waals surface area contributed by atoms with E-state index in [9.17, 15) is 0 Å². The van der Waals surface area contributed by atoms with Crippen molar-refractivity contribution in [2.24, 2.45) is 0 Å². The second-order valence-corrected chi connectivity index (χ2v) is 6.05. The van der Waals surface area contributed by atoms with Gasteiger partial charge in [0.05, 0.1) is 0 Å². The summed E-state index contributed by atoms with van der Waals surface area (Å²) in [6.45, 7) is 7.18. The summed E-state index contributed by atoms with van der Waals surface area (Å²) < 4.78 is 0. The smallest absolute Gasteiger partial charge is 0.0178 e. The lowest BCUT2D eigenvalue weighted by molar-refractivity contribution is 0.381. The van der Waals surface area contributed by atoms with E-state index in [-0.39, 0.29) is 0 Å². The van der Waals surface area contributed by atoms with Crippen molar-refractivity contribution < 1.29 is 0 Å². The summed E-state index contributed by atoms with van der Waals surface area (Å²) in [5.41, 5.74) is 1.65. The van der Waals surface area contributed by atoms with Gasteiger partial charge >= 0.3 is 0 Å². The van der Waals surface area contributed by atoms with Crippen molar-refractivity contribution in [3.63, 3.8) is 0 Å². The van der Waals surface area contributed by atoms with Crippen molar-refractivity contribution in [2.45, 2.75) is 90.9 Å². The van der Waals surface area contributed by atoms with Crippen LogP contribution in [0.2, 0.25) is 0 Å². The minimum Gasteiger partial charge on any atom is -0.375 e. The van der Waals surface area contributed by atoms with Crippen LogP contribution < -0.4 is 0 Å². The van der Waals surface area contributed by atoms with Gasteiger partial charge in [0.2, 0.25) is 0 Å². The molecule has 0 atom stereocenters. The van der Waals surface area contributed by atoms with Crippen LogP contribution in [0, 0.1) is 0 Å². The zero-order valence-corrected chi connectivity index (χ0v) is 13.4. The maximum absolute atomic E-state index is 2.63. The maximum Gasteiger partial charge on any atom is 0.0178 e. The quantitative estimate of drug-likeness (QED) is 0.420. The Morgan fingerprint density at radius 3 is 2.32 bits per heavy atom. The predicted octanol–water partition coefficient (Wildman–Crippen LogP) is 5.91. The summed E-state index contributed by atoms with van der Waals surface area (Å²) in [5.74, 6) is 0. The molecule has 0 bridgehead atoms. The van der Waals surface area contributed by atoms with Gasteiger partial charge in [-0.2, -0.15) is 0 Å². The number of allylic oxidation sites excluding steroid dienone is 2. The zero-order valence-electron chi connectivity index (χ0n) is 13.4. The fourth-order valence-corrected chi connectivity index (χ4v) is 2.96. The number of rotatable bonds is 11. The van der Waals surface area contributed by atoms with Gasteiger partial charge in [0, 0.05) is 18.8 Å². The summed E-state index contributed by atoms with van der Waals surface area (Å²) in [5, 5.41) is 0. The number of likely N-dealkylation sites (tertiary alicyclic amines) is 1. The number of nitrogens with zero attached hydrogens (tertiary/aromatic N) is 1. The van der Waals surface area contributed by atoms with E-state index in [0.29, 0.717) is 0 Å². The van der Waals surface area contributed by atoms with Crippen LogP contribution in [0.25, 0.3) is 0 Å². The van der Waals surface area contributed by atoms with Crippen LogP contribution in [0.15, 0.2) is 11.8 Å². The third-order valence-electron chi connectivity index (χ3n) is 4.24. The molecule has 1 fully saturated rings. The maximum atomic E-state index is 2.63. The molecule has 0 saturated carbocycles. The Morgan fingerprint density at radius 1 is 0.895 bits per heavy atom. The number of hydrogen-bond donors (Lipinski definition) is 0. The van der Waals surface area contributed by atoms with Crippen LogP contribution >= 0.6 is 0 Å². The highest BCUT2D eigenvalue weighted by Gasteiger charge is 2.15. The second kappa shape index (κ2) is 11.4. The molecule has 112 valence electrons. The van der Waals surface area contributed by atoms with Crippen LogP contribution in [-0.2, 0) is 0 Å². The Labute approximate surface area is 121 Å². The molecule has 1 rings (SSSR count). The molecule has 1 aliphatic rings. The van der Waals surface area contributed by atoms with Crippen molar-refractivity contribution in [2.75, 3.05) is 13.1 Å². The van der Waals surface area contributed by atoms with Crippen LogP contribution in [0.3, 0.4) is 0 Å². The fraction of sp³-hybridized carbons (Fsp3) is 0.889. The van der Waals surface area contributed by atoms with Crippen molar-refractivity contribution in [1.29, 1.82) is 0 Å². The molecule has 1 nitrogen and oxygen atoms in total. The van der Waals surface area contributed by atoms with Crippen molar-refractivity contribution in [3.8, 4) is 0 Å². The first-order valence-corrected chi connectivity index (χ1v) is 8.82. The van der Waals surface area contributed by atoms with Gasteiger partial charge in [0.25, 0.3) is 0 Å². The van der Waals surface area contributed by atoms with Gasteiger partial charge in [-0.25, -0.2) is 0 Å². The first kappa shape index (κ1) is 16.6. The third-order valence-corrected chi connectivity index (χ3v) is 4.24. The monoisotopic (exact) mass is 265 g/mol. The molecule has 0 radical (unpaired) electrons. The summed E-state index contributed by atoms with van der Waals surface area (Å²) >= 11 is 0. The van der Waals surface area contributed by atoms with E-state index in [2.05, 4.69) is 24.8 Å². The minimum atomic E-state index is 1.29. The summed E-state index contributed by atoms with van der Waals surface area (Å²) in [7, 11) is 0. The molecule has 0 unspecified atom stereocenters. The topological polar surface area (TPSA) is 3.24 Å². The van der Waals surface area contributed by atoms with Gasteiger partial charge < -0.3 is 4.90 Å². The average Bonchev–Trinajstić information content (AvgIpc) is 2.87. The van der Waals surface area contributed by atoms with Gasteiger partial charge in [-0.05, 0) is 32.1 Å². The Hall–Kier alpha value is -0.460. The normalized spacial score (nSPS) is 17.6. The van der Waals surface area contributed by atoms with Gasteiger partial charge in [0.15, 0.2) is 0 Å². The van der Waals surface area contributed by atoms with E-state index >= 15 is 0 Å². The largest absolute Gasteiger partial charge is 0.375 e. The van der Waals surface area contributed by atoms with E-state index < -0.39 is 0 Å². The van der Waals surface area contributed by atoms with Crippen LogP contribution in [0.4, 0.5) is 0 Å². The highest BCUT2D eigenvalue weighted by atomic mass is 15.1. The molecule has 0 aliphatic carbocycles. The summed E-state index contributed by atoms with van der Waals surface area (Å²) in [6, 6.07) is 0. The highest BCUT2D eigenvalue weighted by Crippen LogP contribution is 2.22. The standard InChI is InChI=1S/C18H35N/c1-3-5-7-8-9-10-11-12-14-18-15-13-17-19(18)16-6-4-2/h14H,3-13,15-17H2,1-2H3. The summed E-state index contributed by atoms with van der Waals surface area (Å²) in [6.07, 6.45) is 19.2. The molecule has 0 aromatic heterocycles. The van der Waals surface area contributed by atoms with Gasteiger partial charge in [-0.15, -0.1) is 0 Å². The van der Waals surface area contributed by atoms with E-state index in [1.165, 1.54) is 90.1 Å². The first-order valence-electron chi connectivity index (χ1n) is 8.82. The fourth-order valence-electron chi connectivity index (χ4n) is 2.96. The minimum absolute atomic E-state index is 1.29. The average molecular weight is 265 g/mol. The Kier molecular flexibility index (Phi) is 9.93. The zero-order chi connectivity index (χ0) is 13.8. The van der Waals surface area contributed by atoms with Crippen molar-refractivity contribution >= 4 is 0 Å². The van der Waals surface area contributed by atoms with Gasteiger partial charge in [0.1, 0.15) is 0 Å². The van der Waals surface area contributed by atoms with Crippen LogP contribution in [0.5, 0.6) is 0 Å². The van der Waals surface area contributed by atoms with Crippen molar-refractivity contribution in [3.05, 3.63) is 11.8 Å². The molecule has 19 heavy (non-hydrogen) atoms. The molecule has 0 N–H and O–H groups in total. The van der Waals surface area contributed by atoms with E-state index in [1.807, 2.05) is 0 Å². The van der Waals surface area contributed by atoms with E-state index in [1.54, 1.807) is 5.70 Å². The van der Waals surface area contributed by atoms with E-state index in [0.717, 1.165) is 0 Å². The number of unbranched alkanes of at least 4 members (excludes halogenated alkanes) is 8. The lowest BCUT2D eigenvalue weighted by atomic mass is 10.1. The second-order valence-electron chi connectivity index (χ2n) is 6.05. The number of hydrogen-bond acceptors (Lipinski definition) is 1. The third kappa shape index (κ3) is 7.64. The molecule has 1 heterocycles. The Balaban J connectivity index is 2.04. The summed E-state index contributed by atoms with van der Waals surface area (Å²) in [4.78, 5) is 2.63.